The van der Waals surface area contributed by atoms with Crippen molar-refractivity contribution >= 4 is 17.5 Å². The quantitative estimate of drug-likeness (QED) is 0.615. The van der Waals surface area contributed by atoms with Gasteiger partial charge in [0.1, 0.15) is 5.60 Å². The maximum atomic E-state index is 17.2. The second-order valence-corrected chi connectivity index (χ2v) is 11.4. The molecule has 0 spiro atoms. The van der Waals surface area contributed by atoms with E-state index in [0.29, 0.717) is 24.8 Å². The van der Waals surface area contributed by atoms with E-state index in [2.05, 4.69) is 4.98 Å². The van der Waals surface area contributed by atoms with Crippen molar-refractivity contribution in [3.05, 3.63) is 53.9 Å². The highest BCUT2D eigenvalue weighted by molar-refractivity contribution is 6.01. The number of aromatic nitrogens is 1. The Hall–Kier alpha value is -2.71. The number of carbonyl (C=O) groups is 3. The average molecular weight is 498 g/mol. The van der Waals surface area contributed by atoms with E-state index in [0.717, 1.165) is 0 Å². The molecule has 0 aliphatic heterocycles. The molecule has 36 heavy (non-hydrogen) atoms. The number of hydrogen-bond acceptors (Lipinski definition) is 7. The zero-order valence-corrected chi connectivity index (χ0v) is 20.7. The normalized spacial score (nSPS) is 43.2. The van der Waals surface area contributed by atoms with Gasteiger partial charge in [-0.3, -0.25) is 14.6 Å². The predicted molar refractivity (Wildman–Crippen MR) is 127 cm³/mol. The van der Waals surface area contributed by atoms with E-state index < -0.39 is 58.4 Å². The molecular formula is C28H32FNO6. The Bertz CT molecular complexity index is 1180. The fourth-order valence-electron chi connectivity index (χ4n) is 7.95. The summed E-state index contributed by atoms with van der Waals surface area (Å²) in [5.74, 6) is -3.05. The highest BCUT2D eigenvalue weighted by atomic mass is 19.1. The molecule has 0 saturated heterocycles. The molecule has 4 aliphatic carbocycles. The van der Waals surface area contributed by atoms with Crippen molar-refractivity contribution < 1.29 is 33.7 Å². The van der Waals surface area contributed by atoms with Crippen molar-refractivity contribution in [3.8, 4) is 0 Å². The van der Waals surface area contributed by atoms with Crippen molar-refractivity contribution in [2.45, 2.75) is 63.8 Å². The summed E-state index contributed by atoms with van der Waals surface area (Å²) >= 11 is 0. The number of Topliss-reactive ketones (excluding diaryl/α,β-unsaturated/α-hetero) is 1. The molecule has 0 radical (unpaired) electrons. The van der Waals surface area contributed by atoms with Crippen LogP contribution in [-0.2, 0) is 14.3 Å². The molecule has 1 unspecified atom stereocenters. The summed E-state index contributed by atoms with van der Waals surface area (Å²) in [6.45, 7) is 4.61. The Kier molecular flexibility index (Phi) is 5.65. The molecule has 1 aromatic rings. The Labute approximate surface area is 209 Å². The third-order valence-corrected chi connectivity index (χ3v) is 9.90. The number of carbonyl (C=O) groups excluding carboxylic acids is 3. The van der Waals surface area contributed by atoms with Gasteiger partial charge in [-0.2, -0.15) is 0 Å². The zero-order chi connectivity index (χ0) is 26.1. The van der Waals surface area contributed by atoms with Gasteiger partial charge in [-0.05, 0) is 68.7 Å². The molecule has 4 aliphatic rings. The molecule has 1 heterocycles. The Balaban J connectivity index is 1.44. The van der Waals surface area contributed by atoms with Crippen molar-refractivity contribution in [1.29, 1.82) is 0 Å². The van der Waals surface area contributed by atoms with Gasteiger partial charge in [0.25, 0.3) is 0 Å². The second-order valence-electron chi connectivity index (χ2n) is 11.4. The minimum absolute atomic E-state index is 0.125. The van der Waals surface area contributed by atoms with Crippen LogP contribution >= 0.6 is 0 Å². The number of ketones is 2. The van der Waals surface area contributed by atoms with Crippen LogP contribution in [0.25, 0.3) is 0 Å². The summed E-state index contributed by atoms with van der Waals surface area (Å²) in [6, 6.07) is 2.93. The average Bonchev–Trinajstić information content (AvgIpc) is 3.05. The summed E-state index contributed by atoms with van der Waals surface area (Å²) in [5.41, 5.74) is -5.27. The van der Waals surface area contributed by atoms with Gasteiger partial charge in [-0.15, -0.1) is 0 Å². The molecule has 3 saturated carbocycles. The molecule has 7 nitrogen and oxygen atoms in total. The molecule has 8 atom stereocenters. The number of ether oxygens (including phenoxy) is 1. The number of fused-ring (bicyclic) bond motifs is 5. The molecular weight excluding hydrogens is 465 g/mol. The summed E-state index contributed by atoms with van der Waals surface area (Å²) in [6.07, 6.45) is 7.03. The van der Waals surface area contributed by atoms with Crippen LogP contribution in [0.4, 0.5) is 4.39 Å². The Morgan fingerprint density at radius 3 is 2.61 bits per heavy atom. The third kappa shape index (κ3) is 3.10. The van der Waals surface area contributed by atoms with Crippen LogP contribution in [0, 0.1) is 28.6 Å². The maximum Gasteiger partial charge on any atom is 0.338 e. The van der Waals surface area contributed by atoms with E-state index in [-0.39, 0.29) is 23.7 Å². The minimum Gasteiger partial charge on any atom is -0.454 e. The lowest BCUT2D eigenvalue weighted by atomic mass is 9.44. The van der Waals surface area contributed by atoms with Crippen LogP contribution in [-0.4, -0.2) is 56.7 Å². The first-order valence-corrected chi connectivity index (χ1v) is 12.5. The van der Waals surface area contributed by atoms with Crippen molar-refractivity contribution in [2.75, 3.05) is 6.61 Å². The lowest BCUT2D eigenvalue weighted by Crippen LogP contribution is -2.69. The van der Waals surface area contributed by atoms with Crippen molar-refractivity contribution in [2.24, 2.45) is 28.6 Å². The van der Waals surface area contributed by atoms with Crippen molar-refractivity contribution in [1.82, 2.24) is 4.98 Å². The van der Waals surface area contributed by atoms with Crippen LogP contribution < -0.4 is 0 Å². The number of aliphatic hydroxyl groups is 2. The number of esters is 1. The third-order valence-electron chi connectivity index (χ3n) is 9.90. The SMILES string of the molecule is C[C@@H]1C[C@H]2[C@@H]3CCC4=CC(=O)C=C[C@]4(C)C3(F)[C@@H](O)C[C@]2(C)[C@@]1(O)C(=O)COC(=O)c1ccncc1. The maximum absolute atomic E-state index is 17.2. The molecule has 0 amide bonds. The first-order valence-electron chi connectivity index (χ1n) is 12.5. The van der Waals surface area contributed by atoms with E-state index in [1.807, 2.05) is 0 Å². The van der Waals surface area contributed by atoms with Crippen LogP contribution in [0.15, 0.2) is 48.3 Å². The fraction of sp³-hybridized carbons (Fsp3) is 0.571. The van der Waals surface area contributed by atoms with Crippen LogP contribution in [0.3, 0.4) is 0 Å². The van der Waals surface area contributed by atoms with Gasteiger partial charge in [0.15, 0.2) is 18.1 Å². The number of aliphatic hydroxyl groups excluding tert-OH is 1. The highest BCUT2D eigenvalue weighted by Crippen LogP contribution is 2.70. The van der Waals surface area contributed by atoms with Gasteiger partial charge in [-0.1, -0.05) is 25.5 Å². The number of hydrogen-bond donors (Lipinski definition) is 2. The second kappa shape index (κ2) is 8.15. The lowest BCUT2D eigenvalue weighted by Gasteiger charge is -2.62. The lowest BCUT2D eigenvalue weighted by molar-refractivity contribution is -0.219. The molecule has 0 bridgehead atoms. The summed E-state index contributed by atoms with van der Waals surface area (Å²) in [7, 11) is 0. The first kappa shape index (κ1) is 25.0. The van der Waals surface area contributed by atoms with E-state index >= 15 is 4.39 Å². The summed E-state index contributed by atoms with van der Waals surface area (Å²) in [4.78, 5) is 41.7. The predicted octanol–water partition coefficient (Wildman–Crippen LogP) is 3.16. The molecule has 0 aromatic carbocycles. The van der Waals surface area contributed by atoms with Gasteiger partial charge in [0.05, 0.1) is 11.7 Å². The molecule has 2 N–H and O–H groups in total. The van der Waals surface area contributed by atoms with E-state index in [9.17, 15) is 24.6 Å². The zero-order valence-electron chi connectivity index (χ0n) is 20.7. The minimum atomic E-state index is -2.04. The van der Waals surface area contributed by atoms with Crippen LogP contribution in [0.1, 0.15) is 56.8 Å². The van der Waals surface area contributed by atoms with Gasteiger partial charge in [0, 0.05) is 29.1 Å². The Morgan fingerprint density at radius 2 is 1.92 bits per heavy atom. The number of pyridine rings is 1. The Morgan fingerprint density at radius 1 is 1.22 bits per heavy atom. The summed E-state index contributed by atoms with van der Waals surface area (Å²) in [5, 5.41) is 23.3. The first-order chi connectivity index (χ1) is 16.9. The standard InChI is InChI=1S/C28H32FNO6/c1-16-12-21-20-5-4-18-13-19(31)6-9-25(18,2)27(20,29)22(32)14-26(21,3)28(16,35)23(33)15-36-24(34)17-7-10-30-11-8-17/h6-11,13,16,20-22,32,35H,4-5,12,14-15H2,1-3H3/t16-,20+,21+,22+,25+,26+,27?,28+/m1/s1. The summed E-state index contributed by atoms with van der Waals surface area (Å²) < 4.78 is 22.4. The van der Waals surface area contributed by atoms with Gasteiger partial charge in [0.2, 0.25) is 5.78 Å². The molecule has 3 fully saturated rings. The number of alkyl halides is 1. The molecule has 5 rings (SSSR count). The number of halogens is 1. The van der Waals surface area contributed by atoms with Gasteiger partial charge >= 0.3 is 5.97 Å². The molecule has 1 aromatic heterocycles. The monoisotopic (exact) mass is 497 g/mol. The van der Waals surface area contributed by atoms with Crippen LogP contribution in [0.2, 0.25) is 0 Å². The van der Waals surface area contributed by atoms with E-state index in [1.54, 1.807) is 26.8 Å². The van der Waals surface area contributed by atoms with Gasteiger partial charge in [-0.25, -0.2) is 9.18 Å². The molecule has 8 heteroatoms. The number of rotatable bonds is 4. The van der Waals surface area contributed by atoms with Crippen molar-refractivity contribution in [3.63, 3.8) is 0 Å². The number of allylic oxidation sites excluding steroid dienone is 4. The molecule has 192 valence electrons. The number of nitrogens with zero attached hydrogens (tertiary/aromatic N) is 1. The fourth-order valence-corrected chi connectivity index (χ4v) is 7.95. The van der Waals surface area contributed by atoms with Gasteiger partial charge < -0.3 is 14.9 Å². The largest absolute Gasteiger partial charge is 0.454 e. The topological polar surface area (TPSA) is 114 Å². The van der Waals surface area contributed by atoms with E-state index in [4.69, 9.17) is 4.74 Å². The highest BCUT2D eigenvalue weighted by Gasteiger charge is 2.75. The smallest absolute Gasteiger partial charge is 0.338 e. The van der Waals surface area contributed by atoms with Crippen LogP contribution in [0.5, 0.6) is 0 Å². The van der Waals surface area contributed by atoms with E-state index in [1.165, 1.54) is 36.7 Å².